The number of halogens is 8. The average Bonchev–Trinajstić information content (AvgIpc) is 2.44. The van der Waals surface area contributed by atoms with Gasteiger partial charge in [-0.15, -0.1) is 0 Å². The van der Waals surface area contributed by atoms with Crippen LogP contribution >= 0.6 is 11.8 Å². The van der Waals surface area contributed by atoms with Crippen molar-refractivity contribution in [2.75, 3.05) is 0 Å². The van der Waals surface area contributed by atoms with Gasteiger partial charge in [0.25, 0.3) is 0 Å². The first-order chi connectivity index (χ1) is 11.7. The molecule has 2 rings (SSSR count). The Hall–Kier alpha value is -1.51. The van der Waals surface area contributed by atoms with E-state index < -0.39 is 45.2 Å². The molecule has 0 spiro atoms. The third-order valence-corrected chi connectivity index (χ3v) is 4.96. The molecule has 0 aromatic heterocycles. The molecular formula is C17H13F8S. The lowest BCUT2D eigenvalue weighted by Gasteiger charge is -2.37. The average molecular weight is 401 g/mol. The summed E-state index contributed by atoms with van der Waals surface area (Å²) in [5.74, 6) is -7.30. The molecule has 1 aromatic rings. The van der Waals surface area contributed by atoms with Crippen molar-refractivity contribution >= 4 is 11.8 Å². The Balaban J connectivity index is 2.65. The molecule has 0 aliphatic heterocycles. The van der Waals surface area contributed by atoms with Crippen molar-refractivity contribution in [3.05, 3.63) is 65.4 Å². The molecule has 0 fully saturated rings. The van der Waals surface area contributed by atoms with Gasteiger partial charge in [0.15, 0.2) is 0 Å². The van der Waals surface area contributed by atoms with Crippen molar-refractivity contribution in [3.8, 4) is 0 Å². The smallest absolute Gasteiger partial charge is 0.207 e. The van der Waals surface area contributed by atoms with Crippen LogP contribution in [0.5, 0.6) is 0 Å². The number of alkyl halides is 7. The van der Waals surface area contributed by atoms with Gasteiger partial charge in [-0.25, -0.2) is 4.39 Å². The quantitative estimate of drug-likeness (QED) is 0.509. The maximum Gasteiger partial charge on any atom is 0.460 e. The van der Waals surface area contributed by atoms with E-state index in [1.54, 1.807) is 0 Å². The van der Waals surface area contributed by atoms with Gasteiger partial charge in [-0.05, 0) is 19.9 Å². The van der Waals surface area contributed by atoms with E-state index in [0.29, 0.717) is 11.1 Å². The van der Waals surface area contributed by atoms with Crippen LogP contribution in [0.4, 0.5) is 35.1 Å². The number of hydrogen-bond acceptors (Lipinski definition) is 1. The Morgan fingerprint density at radius 1 is 0.846 bits per heavy atom. The van der Waals surface area contributed by atoms with Gasteiger partial charge in [-0.1, -0.05) is 53.3 Å². The van der Waals surface area contributed by atoms with E-state index in [9.17, 15) is 35.1 Å². The van der Waals surface area contributed by atoms with Crippen LogP contribution in [0.1, 0.15) is 19.4 Å². The van der Waals surface area contributed by atoms with E-state index in [1.807, 2.05) is 0 Å². The number of rotatable bonds is 4. The topological polar surface area (TPSA) is 0 Å². The largest absolute Gasteiger partial charge is 0.460 e. The molecule has 1 aliphatic rings. The van der Waals surface area contributed by atoms with Crippen LogP contribution in [0.15, 0.2) is 47.6 Å². The van der Waals surface area contributed by atoms with Gasteiger partial charge in [-0.2, -0.15) is 30.7 Å². The van der Waals surface area contributed by atoms with Gasteiger partial charge >= 0.3 is 17.4 Å². The van der Waals surface area contributed by atoms with Crippen LogP contribution in [0, 0.1) is 12.2 Å². The number of benzene rings is 1. The van der Waals surface area contributed by atoms with Crippen LogP contribution in [0.3, 0.4) is 0 Å². The molecule has 1 aromatic carbocycles. The zero-order valence-corrected chi connectivity index (χ0v) is 14.3. The van der Waals surface area contributed by atoms with Gasteiger partial charge in [0.05, 0.1) is 4.75 Å². The highest BCUT2D eigenvalue weighted by Crippen LogP contribution is 2.59. The molecule has 0 saturated carbocycles. The molecule has 0 saturated heterocycles. The van der Waals surface area contributed by atoms with Crippen molar-refractivity contribution in [3.63, 3.8) is 0 Å². The summed E-state index contributed by atoms with van der Waals surface area (Å²) in [6.45, 7) is 2.90. The molecule has 0 nitrogen and oxygen atoms in total. The summed E-state index contributed by atoms with van der Waals surface area (Å²) in [7, 11) is 0. The van der Waals surface area contributed by atoms with Crippen LogP contribution < -0.4 is 0 Å². The zero-order chi connectivity index (χ0) is 20.0. The van der Waals surface area contributed by atoms with Crippen molar-refractivity contribution in [1.82, 2.24) is 0 Å². The Labute approximate surface area is 149 Å². The van der Waals surface area contributed by atoms with E-state index >= 15 is 0 Å². The fourth-order valence-electron chi connectivity index (χ4n) is 2.65. The summed E-state index contributed by atoms with van der Waals surface area (Å²) in [5, 5.41) is -5.54. The molecule has 1 radical (unpaired) electrons. The molecule has 0 N–H and O–H groups in total. The Morgan fingerprint density at radius 3 is 1.81 bits per heavy atom. The van der Waals surface area contributed by atoms with Gasteiger partial charge in [0, 0.05) is 12.0 Å². The van der Waals surface area contributed by atoms with Gasteiger partial charge in [0.2, 0.25) is 0 Å². The minimum atomic E-state index is -6.46. The molecule has 143 valence electrons. The molecular weight excluding hydrogens is 388 g/mol. The van der Waals surface area contributed by atoms with E-state index in [1.165, 1.54) is 32.4 Å². The second kappa shape index (κ2) is 6.58. The van der Waals surface area contributed by atoms with Crippen molar-refractivity contribution in [2.24, 2.45) is 0 Å². The van der Waals surface area contributed by atoms with Gasteiger partial charge < -0.3 is 0 Å². The van der Waals surface area contributed by atoms with Crippen LogP contribution in [-0.4, -0.2) is 17.4 Å². The predicted molar refractivity (Wildman–Crippen MR) is 83.4 cm³/mol. The lowest BCUT2D eigenvalue weighted by atomic mass is 9.87. The van der Waals surface area contributed by atoms with Crippen molar-refractivity contribution in [1.29, 1.82) is 0 Å². The lowest BCUT2D eigenvalue weighted by molar-refractivity contribution is -0.330. The summed E-state index contributed by atoms with van der Waals surface area (Å²) in [5.41, 5.74) is 0.216. The predicted octanol–water partition coefficient (Wildman–Crippen LogP) is 6.66. The minimum Gasteiger partial charge on any atom is -0.207 e. The summed E-state index contributed by atoms with van der Waals surface area (Å²) < 4.78 is 104. The van der Waals surface area contributed by atoms with E-state index in [0.717, 1.165) is 24.3 Å². The van der Waals surface area contributed by atoms with E-state index in [-0.39, 0.29) is 0 Å². The maximum atomic E-state index is 14.2. The second-order valence-electron chi connectivity index (χ2n) is 5.88. The fourth-order valence-corrected chi connectivity index (χ4v) is 4.08. The van der Waals surface area contributed by atoms with Gasteiger partial charge in [0.1, 0.15) is 5.82 Å². The first-order valence-corrected chi connectivity index (χ1v) is 8.05. The molecule has 0 bridgehead atoms. The molecule has 0 heterocycles. The third-order valence-electron chi connectivity index (χ3n) is 3.65. The molecule has 26 heavy (non-hydrogen) atoms. The molecule has 0 atom stereocenters. The summed E-state index contributed by atoms with van der Waals surface area (Å²) in [6.07, 6.45) is -2.86. The van der Waals surface area contributed by atoms with Crippen LogP contribution in [0.25, 0.3) is 0 Å². The van der Waals surface area contributed by atoms with Gasteiger partial charge in [-0.3, -0.25) is 0 Å². The monoisotopic (exact) mass is 401 g/mol. The first-order valence-electron chi connectivity index (χ1n) is 7.23. The van der Waals surface area contributed by atoms with Crippen LogP contribution in [0.2, 0.25) is 0 Å². The van der Waals surface area contributed by atoms with E-state index in [2.05, 4.69) is 0 Å². The summed E-state index contributed by atoms with van der Waals surface area (Å²) >= 11 is -0.937. The molecule has 1 aliphatic carbocycles. The number of allylic oxidation sites excluding steroid dienone is 2. The first kappa shape index (κ1) is 20.8. The maximum absolute atomic E-state index is 14.2. The Morgan fingerprint density at radius 2 is 1.35 bits per heavy atom. The highest BCUT2D eigenvalue weighted by molar-refractivity contribution is 8.01. The summed E-state index contributed by atoms with van der Waals surface area (Å²) in [6, 6.07) is 4.53. The summed E-state index contributed by atoms with van der Waals surface area (Å²) in [4.78, 5) is 0. The standard InChI is InChI=1S/C17H13F8S/c1-10-7-11(2)9-14(8-10,12-5-3-4-6-13(12)18)26-17(24,25)15(19,20)16(21,22)23/h3-9H,1-2H3. The number of hydrogen-bond donors (Lipinski definition) is 0. The molecule has 9 heteroatoms. The molecule has 0 amide bonds. The SMILES string of the molecule is CC1=CC(SC(F)(F)C(F)(F)C(F)(F)F)(c2ccccc2F)C=C(C)[CH]1. The molecule has 0 unspecified atom stereocenters. The number of thioether (sulfide) groups is 1. The Kier molecular flexibility index (Phi) is 5.26. The third kappa shape index (κ3) is 3.63. The zero-order valence-electron chi connectivity index (χ0n) is 13.5. The highest BCUT2D eigenvalue weighted by Gasteiger charge is 2.74. The second-order valence-corrected chi connectivity index (χ2v) is 7.28. The van der Waals surface area contributed by atoms with Crippen molar-refractivity contribution in [2.45, 2.75) is 35.9 Å². The van der Waals surface area contributed by atoms with Crippen LogP contribution in [-0.2, 0) is 4.75 Å². The fraction of sp³-hybridized carbons (Fsp3) is 0.353. The van der Waals surface area contributed by atoms with E-state index in [4.69, 9.17) is 0 Å². The van der Waals surface area contributed by atoms with Crippen molar-refractivity contribution < 1.29 is 35.1 Å². The lowest BCUT2D eigenvalue weighted by Crippen LogP contribution is -2.51. The Bertz CT molecular complexity index is 727. The highest BCUT2D eigenvalue weighted by atomic mass is 32.2. The minimum absolute atomic E-state index is 0.326. The normalized spacial score (nSPS) is 18.4.